The minimum absolute atomic E-state index is 0.164. The summed E-state index contributed by atoms with van der Waals surface area (Å²) >= 11 is 0. The molecule has 1 unspecified atom stereocenters. The van der Waals surface area contributed by atoms with E-state index >= 15 is 0 Å². The number of carboxylic acids is 1. The molecule has 9 heteroatoms. The van der Waals surface area contributed by atoms with Crippen LogP contribution in [0.3, 0.4) is 0 Å². The molecule has 1 heterocycles. The predicted molar refractivity (Wildman–Crippen MR) is 91.3 cm³/mol. The van der Waals surface area contributed by atoms with Crippen molar-refractivity contribution in [2.45, 2.75) is 45.1 Å². The number of nitrogens with one attached hydrogen (secondary N) is 1. The standard InChI is InChI=1S/C17H22N4O5/c1-17(2,3)26-16(25)18-13(15(23)24)10-21-9-12(19-20-21)14(22)11-7-5-4-6-8-11/h4-9,13-14,22H,10H2,1-3H3,(H,18,25)(H,23,24)/t13-,14?/m0/s1. The Kier molecular flexibility index (Phi) is 5.93. The van der Waals surface area contributed by atoms with Crippen LogP contribution in [0.25, 0.3) is 0 Å². The quantitative estimate of drug-likeness (QED) is 0.707. The Morgan fingerprint density at radius 2 is 1.92 bits per heavy atom. The Morgan fingerprint density at radius 3 is 2.50 bits per heavy atom. The molecule has 0 aliphatic carbocycles. The zero-order valence-electron chi connectivity index (χ0n) is 14.8. The summed E-state index contributed by atoms with van der Waals surface area (Å²) in [5, 5.41) is 29.6. The van der Waals surface area contributed by atoms with Crippen molar-refractivity contribution >= 4 is 12.1 Å². The van der Waals surface area contributed by atoms with E-state index in [0.29, 0.717) is 5.56 Å². The Bertz CT molecular complexity index is 754. The van der Waals surface area contributed by atoms with E-state index in [2.05, 4.69) is 15.6 Å². The maximum atomic E-state index is 11.8. The predicted octanol–water partition coefficient (Wildman–Crippen LogP) is 1.34. The van der Waals surface area contributed by atoms with Crippen molar-refractivity contribution in [2.24, 2.45) is 0 Å². The first-order valence-electron chi connectivity index (χ1n) is 8.01. The van der Waals surface area contributed by atoms with Gasteiger partial charge in [-0.15, -0.1) is 5.10 Å². The Labute approximate surface area is 150 Å². The van der Waals surface area contributed by atoms with E-state index in [0.717, 1.165) is 0 Å². The Morgan fingerprint density at radius 1 is 1.27 bits per heavy atom. The van der Waals surface area contributed by atoms with Gasteiger partial charge in [0.05, 0.1) is 12.7 Å². The topological polar surface area (TPSA) is 127 Å². The number of carbonyl (C=O) groups excluding carboxylic acids is 1. The molecule has 0 saturated heterocycles. The number of hydrogen-bond donors (Lipinski definition) is 3. The zero-order valence-corrected chi connectivity index (χ0v) is 14.8. The Balaban J connectivity index is 2.05. The number of alkyl carbamates (subject to hydrolysis) is 1. The van der Waals surface area contributed by atoms with Gasteiger partial charge >= 0.3 is 12.1 Å². The van der Waals surface area contributed by atoms with Crippen molar-refractivity contribution in [1.82, 2.24) is 20.3 Å². The third-order valence-corrected chi connectivity index (χ3v) is 3.31. The summed E-state index contributed by atoms with van der Waals surface area (Å²) in [6.45, 7) is 4.87. The molecule has 2 atom stereocenters. The lowest BCUT2D eigenvalue weighted by atomic mass is 10.1. The van der Waals surface area contributed by atoms with Crippen LogP contribution in [0.15, 0.2) is 36.5 Å². The van der Waals surface area contributed by atoms with Crippen LogP contribution in [0.5, 0.6) is 0 Å². The fourth-order valence-corrected chi connectivity index (χ4v) is 2.16. The number of carbonyl (C=O) groups is 2. The third-order valence-electron chi connectivity index (χ3n) is 3.31. The lowest BCUT2D eigenvalue weighted by Gasteiger charge is -2.21. The molecule has 2 aromatic rings. The number of nitrogens with zero attached hydrogens (tertiary/aromatic N) is 3. The fourth-order valence-electron chi connectivity index (χ4n) is 2.16. The lowest BCUT2D eigenvalue weighted by molar-refractivity contribution is -0.139. The van der Waals surface area contributed by atoms with Gasteiger partial charge in [0.25, 0.3) is 0 Å². The Hall–Kier alpha value is -2.94. The molecule has 1 aromatic heterocycles. The van der Waals surface area contributed by atoms with E-state index < -0.39 is 29.8 Å². The largest absolute Gasteiger partial charge is 0.480 e. The van der Waals surface area contributed by atoms with Crippen LogP contribution >= 0.6 is 0 Å². The molecule has 0 saturated carbocycles. The summed E-state index contributed by atoms with van der Waals surface area (Å²) in [4.78, 5) is 23.2. The molecule has 26 heavy (non-hydrogen) atoms. The molecule has 0 aliphatic rings. The molecule has 2 rings (SSSR count). The summed E-state index contributed by atoms with van der Waals surface area (Å²) in [5.41, 5.74) is 0.173. The van der Waals surface area contributed by atoms with Crippen LogP contribution in [0, 0.1) is 0 Å². The summed E-state index contributed by atoms with van der Waals surface area (Å²) in [6.07, 6.45) is -0.383. The second kappa shape index (κ2) is 7.96. The van der Waals surface area contributed by atoms with Gasteiger partial charge in [-0.1, -0.05) is 35.5 Å². The average Bonchev–Trinajstić information content (AvgIpc) is 3.01. The number of rotatable bonds is 6. The van der Waals surface area contributed by atoms with Crippen LogP contribution in [0.1, 0.15) is 38.1 Å². The SMILES string of the molecule is CC(C)(C)OC(=O)N[C@@H](Cn1cc(C(O)c2ccccc2)nn1)C(=O)O. The highest BCUT2D eigenvalue weighted by atomic mass is 16.6. The molecule has 0 fully saturated rings. The number of ether oxygens (including phenoxy) is 1. The molecule has 9 nitrogen and oxygen atoms in total. The first kappa shape index (κ1) is 19.4. The minimum atomic E-state index is -1.26. The van der Waals surface area contributed by atoms with Crippen LogP contribution in [-0.2, 0) is 16.1 Å². The molecule has 0 bridgehead atoms. The van der Waals surface area contributed by atoms with Gasteiger partial charge in [-0.25, -0.2) is 14.3 Å². The van der Waals surface area contributed by atoms with Gasteiger partial charge in [-0.05, 0) is 26.3 Å². The van der Waals surface area contributed by atoms with E-state index in [1.54, 1.807) is 45.0 Å². The van der Waals surface area contributed by atoms with Gasteiger partial charge in [0.2, 0.25) is 0 Å². The van der Waals surface area contributed by atoms with E-state index in [-0.39, 0.29) is 12.2 Å². The zero-order chi connectivity index (χ0) is 19.3. The van der Waals surface area contributed by atoms with Crippen molar-refractivity contribution in [3.63, 3.8) is 0 Å². The minimum Gasteiger partial charge on any atom is -0.480 e. The van der Waals surface area contributed by atoms with Crippen molar-refractivity contribution in [1.29, 1.82) is 0 Å². The first-order valence-corrected chi connectivity index (χ1v) is 8.01. The number of aliphatic carboxylic acids is 1. The van der Waals surface area contributed by atoms with Gasteiger partial charge in [0, 0.05) is 0 Å². The number of carboxylic acid groups (broad SMARTS) is 1. The molecule has 0 spiro atoms. The molecule has 3 N–H and O–H groups in total. The average molecular weight is 362 g/mol. The monoisotopic (exact) mass is 362 g/mol. The second-order valence-electron chi connectivity index (χ2n) is 6.72. The van der Waals surface area contributed by atoms with Gasteiger partial charge in [-0.3, -0.25) is 0 Å². The lowest BCUT2D eigenvalue weighted by Crippen LogP contribution is -2.45. The summed E-state index contributed by atoms with van der Waals surface area (Å²) in [6, 6.07) is 7.63. The number of hydrogen-bond acceptors (Lipinski definition) is 6. The van der Waals surface area contributed by atoms with Crippen LogP contribution in [-0.4, -0.2) is 48.9 Å². The molecule has 140 valence electrons. The molecule has 0 aliphatic heterocycles. The molecular weight excluding hydrogens is 340 g/mol. The highest BCUT2D eigenvalue weighted by Crippen LogP contribution is 2.19. The highest BCUT2D eigenvalue weighted by Gasteiger charge is 2.25. The van der Waals surface area contributed by atoms with Gasteiger partial charge in [0.1, 0.15) is 23.4 Å². The normalized spacial score (nSPS) is 13.7. The number of benzene rings is 1. The van der Waals surface area contributed by atoms with E-state index in [1.807, 2.05) is 6.07 Å². The number of aliphatic hydroxyl groups is 1. The third kappa shape index (κ3) is 5.55. The number of aromatic nitrogens is 3. The van der Waals surface area contributed by atoms with Crippen molar-refractivity contribution in [3.05, 3.63) is 47.8 Å². The van der Waals surface area contributed by atoms with Crippen LogP contribution in [0.2, 0.25) is 0 Å². The van der Waals surface area contributed by atoms with E-state index in [4.69, 9.17) is 4.74 Å². The van der Waals surface area contributed by atoms with Gasteiger partial charge < -0.3 is 20.3 Å². The van der Waals surface area contributed by atoms with Crippen molar-refractivity contribution < 1.29 is 24.5 Å². The van der Waals surface area contributed by atoms with Crippen molar-refractivity contribution in [3.8, 4) is 0 Å². The number of amides is 1. The van der Waals surface area contributed by atoms with Gasteiger partial charge in [-0.2, -0.15) is 0 Å². The smallest absolute Gasteiger partial charge is 0.408 e. The fraction of sp³-hybridized carbons (Fsp3) is 0.412. The maximum Gasteiger partial charge on any atom is 0.408 e. The van der Waals surface area contributed by atoms with E-state index in [9.17, 15) is 19.8 Å². The van der Waals surface area contributed by atoms with Crippen molar-refractivity contribution in [2.75, 3.05) is 0 Å². The molecule has 1 aromatic carbocycles. The van der Waals surface area contributed by atoms with E-state index in [1.165, 1.54) is 10.9 Å². The van der Waals surface area contributed by atoms with Crippen LogP contribution in [0.4, 0.5) is 4.79 Å². The van der Waals surface area contributed by atoms with Gasteiger partial charge in [0.15, 0.2) is 0 Å². The molecule has 0 radical (unpaired) electrons. The maximum absolute atomic E-state index is 11.8. The molecular formula is C17H22N4O5. The molecule has 1 amide bonds. The summed E-state index contributed by atoms with van der Waals surface area (Å²) in [5.74, 6) is -1.24. The summed E-state index contributed by atoms with van der Waals surface area (Å²) < 4.78 is 6.31. The second-order valence-corrected chi connectivity index (χ2v) is 6.72. The first-order chi connectivity index (χ1) is 12.2. The number of aliphatic hydroxyl groups excluding tert-OH is 1. The summed E-state index contributed by atoms with van der Waals surface area (Å²) in [7, 11) is 0. The van der Waals surface area contributed by atoms with Crippen LogP contribution < -0.4 is 5.32 Å². The highest BCUT2D eigenvalue weighted by molar-refractivity contribution is 5.79.